The highest BCUT2D eigenvalue weighted by Crippen LogP contribution is 2.24. The molecule has 130 valence electrons. The molecule has 24 heavy (non-hydrogen) atoms. The van der Waals surface area contributed by atoms with Crippen molar-refractivity contribution >= 4 is 11.7 Å². The van der Waals surface area contributed by atoms with Crippen LogP contribution in [0.1, 0.15) is 19.5 Å². The zero-order chi connectivity index (χ0) is 17.5. The van der Waals surface area contributed by atoms with Gasteiger partial charge in [-0.25, -0.2) is 9.78 Å². The fourth-order valence-corrected chi connectivity index (χ4v) is 2.18. The van der Waals surface area contributed by atoms with Crippen LogP contribution in [0.4, 0.5) is 10.5 Å². The molecular formula is C16H23N5O3. The summed E-state index contributed by atoms with van der Waals surface area (Å²) in [5.74, 6) is 1.20. The fraction of sp³-hybridized carbons (Fsp3) is 0.438. The first-order valence-electron chi connectivity index (χ1n) is 7.66. The maximum atomic E-state index is 12.1. The Balaban J connectivity index is 1.96. The predicted molar refractivity (Wildman–Crippen MR) is 90.3 cm³/mol. The number of rotatable bonds is 7. The van der Waals surface area contributed by atoms with E-state index in [1.165, 1.54) is 14.2 Å². The number of hydrogen-bond donors (Lipinski definition) is 2. The zero-order valence-corrected chi connectivity index (χ0v) is 14.4. The highest BCUT2D eigenvalue weighted by molar-refractivity contribution is 5.90. The van der Waals surface area contributed by atoms with Crippen LogP contribution in [0.2, 0.25) is 0 Å². The van der Waals surface area contributed by atoms with Gasteiger partial charge in [-0.05, 0) is 12.0 Å². The lowest BCUT2D eigenvalue weighted by molar-refractivity contribution is 0.251. The number of aromatic nitrogens is 3. The second kappa shape index (κ2) is 8.19. The minimum absolute atomic E-state index is 0.286. The van der Waals surface area contributed by atoms with Crippen molar-refractivity contribution in [2.75, 3.05) is 19.5 Å². The Morgan fingerprint density at radius 1 is 1.29 bits per heavy atom. The van der Waals surface area contributed by atoms with Crippen LogP contribution in [-0.2, 0) is 13.1 Å². The molecule has 0 aliphatic rings. The minimum Gasteiger partial charge on any atom is -0.481 e. The van der Waals surface area contributed by atoms with Gasteiger partial charge in [-0.3, -0.25) is 0 Å². The van der Waals surface area contributed by atoms with Crippen molar-refractivity contribution in [1.29, 1.82) is 0 Å². The number of carbonyl (C=O) groups is 1. The van der Waals surface area contributed by atoms with Crippen LogP contribution in [0.25, 0.3) is 0 Å². The van der Waals surface area contributed by atoms with Gasteiger partial charge in [0, 0.05) is 18.8 Å². The summed E-state index contributed by atoms with van der Waals surface area (Å²) in [5.41, 5.74) is 1.41. The average Bonchev–Trinajstić information content (AvgIpc) is 2.99. The van der Waals surface area contributed by atoms with E-state index in [-0.39, 0.29) is 11.9 Å². The quantitative estimate of drug-likeness (QED) is 0.811. The van der Waals surface area contributed by atoms with E-state index in [2.05, 4.69) is 34.4 Å². The molecule has 2 amide bonds. The van der Waals surface area contributed by atoms with Crippen LogP contribution < -0.4 is 20.1 Å². The summed E-state index contributed by atoms with van der Waals surface area (Å²) >= 11 is 0. The molecule has 0 atom stereocenters. The van der Waals surface area contributed by atoms with E-state index < -0.39 is 0 Å². The number of ether oxygens (including phenoxy) is 2. The highest BCUT2D eigenvalue weighted by Gasteiger charge is 2.11. The third kappa shape index (κ3) is 4.61. The molecule has 2 heterocycles. The Morgan fingerprint density at radius 3 is 2.75 bits per heavy atom. The first-order chi connectivity index (χ1) is 11.5. The molecule has 0 aliphatic heterocycles. The molecule has 0 radical (unpaired) electrons. The fourth-order valence-electron chi connectivity index (χ4n) is 2.18. The summed E-state index contributed by atoms with van der Waals surface area (Å²) in [6.07, 6.45) is 3.52. The van der Waals surface area contributed by atoms with Crippen LogP contribution >= 0.6 is 0 Å². The van der Waals surface area contributed by atoms with E-state index in [4.69, 9.17) is 9.47 Å². The monoisotopic (exact) mass is 333 g/mol. The van der Waals surface area contributed by atoms with Crippen LogP contribution in [0.5, 0.6) is 11.8 Å². The summed E-state index contributed by atoms with van der Waals surface area (Å²) < 4.78 is 12.2. The molecule has 0 aliphatic carbocycles. The summed E-state index contributed by atoms with van der Waals surface area (Å²) in [7, 11) is 3.00. The first kappa shape index (κ1) is 17.6. The van der Waals surface area contributed by atoms with Crippen molar-refractivity contribution < 1.29 is 14.3 Å². The predicted octanol–water partition coefficient (Wildman–Crippen LogP) is 2.27. The van der Waals surface area contributed by atoms with Crippen LogP contribution in [0.3, 0.4) is 0 Å². The molecular weight excluding hydrogens is 310 g/mol. The largest absolute Gasteiger partial charge is 0.481 e. The minimum atomic E-state index is -0.349. The molecule has 8 heteroatoms. The molecule has 2 N–H and O–H groups in total. The zero-order valence-electron chi connectivity index (χ0n) is 14.4. The summed E-state index contributed by atoms with van der Waals surface area (Å²) in [5, 5.41) is 5.51. The van der Waals surface area contributed by atoms with Crippen molar-refractivity contribution in [2.24, 2.45) is 5.92 Å². The SMILES string of the molecule is COc1ccc(NC(=O)NCc2cncn2CC(C)C)c(OC)n1. The van der Waals surface area contributed by atoms with Gasteiger partial charge in [-0.15, -0.1) is 0 Å². The number of amides is 2. The normalized spacial score (nSPS) is 10.5. The molecule has 8 nitrogen and oxygen atoms in total. The van der Waals surface area contributed by atoms with Gasteiger partial charge in [0.1, 0.15) is 5.69 Å². The maximum Gasteiger partial charge on any atom is 0.319 e. The first-order valence-corrected chi connectivity index (χ1v) is 7.66. The van der Waals surface area contributed by atoms with Gasteiger partial charge >= 0.3 is 6.03 Å². The molecule has 0 bridgehead atoms. The number of carbonyl (C=O) groups excluding carboxylic acids is 1. The van der Waals surface area contributed by atoms with Gasteiger partial charge < -0.3 is 24.7 Å². The van der Waals surface area contributed by atoms with Crippen molar-refractivity contribution in [1.82, 2.24) is 19.9 Å². The van der Waals surface area contributed by atoms with Gasteiger partial charge in [0.25, 0.3) is 0 Å². The number of hydrogen-bond acceptors (Lipinski definition) is 5. The Bertz CT molecular complexity index is 684. The van der Waals surface area contributed by atoms with Crippen LogP contribution in [0, 0.1) is 5.92 Å². The van der Waals surface area contributed by atoms with Gasteiger partial charge in [0.15, 0.2) is 0 Å². The van der Waals surface area contributed by atoms with Gasteiger partial charge in [0.2, 0.25) is 11.8 Å². The van der Waals surface area contributed by atoms with Crippen molar-refractivity contribution in [3.63, 3.8) is 0 Å². The second-order valence-corrected chi connectivity index (χ2v) is 5.65. The summed E-state index contributed by atoms with van der Waals surface area (Å²) in [6.45, 7) is 5.50. The van der Waals surface area contributed by atoms with E-state index in [9.17, 15) is 4.79 Å². The van der Waals surface area contributed by atoms with Crippen LogP contribution in [-0.4, -0.2) is 34.8 Å². The lowest BCUT2D eigenvalue weighted by Gasteiger charge is -2.13. The molecule has 0 spiro atoms. The van der Waals surface area contributed by atoms with E-state index in [1.807, 2.05) is 4.57 Å². The Kier molecular flexibility index (Phi) is 6.00. The Hall–Kier alpha value is -2.77. The van der Waals surface area contributed by atoms with Crippen LogP contribution in [0.15, 0.2) is 24.7 Å². The average molecular weight is 333 g/mol. The second-order valence-electron chi connectivity index (χ2n) is 5.65. The van der Waals surface area contributed by atoms with E-state index in [0.29, 0.717) is 24.0 Å². The van der Waals surface area contributed by atoms with E-state index >= 15 is 0 Å². The van der Waals surface area contributed by atoms with E-state index in [1.54, 1.807) is 24.7 Å². The number of nitrogens with zero attached hydrogens (tertiary/aromatic N) is 3. The molecule has 0 saturated carbocycles. The number of pyridine rings is 1. The topological polar surface area (TPSA) is 90.3 Å². The summed E-state index contributed by atoms with van der Waals surface area (Å²) in [6, 6.07) is 2.97. The van der Waals surface area contributed by atoms with Gasteiger partial charge in [-0.1, -0.05) is 13.8 Å². The molecule has 0 aromatic carbocycles. The molecule has 2 rings (SSSR count). The van der Waals surface area contributed by atoms with Crippen molar-refractivity contribution in [3.8, 4) is 11.8 Å². The molecule has 0 saturated heterocycles. The standard InChI is InChI=1S/C16H23N5O3/c1-11(2)9-21-10-17-7-12(21)8-18-16(22)19-13-5-6-14(23-3)20-15(13)24-4/h5-7,10-11H,8-9H2,1-4H3,(H2,18,19,22). The highest BCUT2D eigenvalue weighted by atomic mass is 16.5. The Labute approximate surface area is 141 Å². The number of anilines is 1. The maximum absolute atomic E-state index is 12.1. The number of urea groups is 1. The van der Waals surface area contributed by atoms with Crippen molar-refractivity contribution in [3.05, 3.63) is 30.4 Å². The molecule has 2 aromatic rings. The molecule has 0 fully saturated rings. The Morgan fingerprint density at radius 2 is 2.08 bits per heavy atom. The molecule has 0 unspecified atom stereocenters. The third-order valence-electron chi connectivity index (χ3n) is 3.28. The third-order valence-corrected chi connectivity index (χ3v) is 3.28. The summed E-state index contributed by atoms with van der Waals surface area (Å²) in [4.78, 5) is 20.3. The molecule has 2 aromatic heterocycles. The van der Waals surface area contributed by atoms with Gasteiger partial charge in [0.05, 0.1) is 32.8 Å². The van der Waals surface area contributed by atoms with Gasteiger partial charge in [-0.2, -0.15) is 4.98 Å². The number of nitrogens with one attached hydrogen (secondary N) is 2. The smallest absolute Gasteiger partial charge is 0.319 e. The van der Waals surface area contributed by atoms with Crippen molar-refractivity contribution in [2.45, 2.75) is 26.9 Å². The lowest BCUT2D eigenvalue weighted by atomic mass is 10.2. The lowest BCUT2D eigenvalue weighted by Crippen LogP contribution is -2.29. The number of imidazole rings is 1. The number of methoxy groups -OCH3 is 2. The van der Waals surface area contributed by atoms with E-state index in [0.717, 1.165) is 12.2 Å².